The summed E-state index contributed by atoms with van der Waals surface area (Å²) in [6.45, 7) is -0.0648. The molecule has 1 N–H and O–H groups in total. The van der Waals surface area contributed by atoms with Gasteiger partial charge in [0.15, 0.2) is 0 Å². The molecule has 1 heterocycles. The van der Waals surface area contributed by atoms with Crippen molar-refractivity contribution in [3.05, 3.63) is 39.9 Å². The van der Waals surface area contributed by atoms with Crippen molar-refractivity contribution in [3.63, 3.8) is 0 Å². The zero-order chi connectivity index (χ0) is 15.6. The van der Waals surface area contributed by atoms with Crippen LogP contribution in [0.3, 0.4) is 0 Å². The predicted molar refractivity (Wildman–Crippen MR) is 70.6 cm³/mol. The number of hydrogen-bond acceptors (Lipinski definition) is 6. The van der Waals surface area contributed by atoms with Crippen molar-refractivity contribution in [2.75, 3.05) is 13.7 Å². The van der Waals surface area contributed by atoms with Crippen molar-refractivity contribution in [2.45, 2.75) is 18.6 Å². The van der Waals surface area contributed by atoms with E-state index in [-0.39, 0.29) is 24.2 Å². The number of aliphatic hydroxyl groups excluding tert-OH is 1. The normalized spacial score (nSPS) is 21.1. The number of amides is 1. The third kappa shape index (κ3) is 2.84. The van der Waals surface area contributed by atoms with Crippen LogP contribution in [0.15, 0.2) is 24.3 Å². The summed E-state index contributed by atoms with van der Waals surface area (Å²) in [4.78, 5) is 35.5. The number of methoxy groups -OCH3 is 1. The van der Waals surface area contributed by atoms with Crippen LogP contribution >= 0.6 is 0 Å². The first-order valence-electron chi connectivity index (χ1n) is 6.26. The minimum Gasteiger partial charge on any atom is -0.467 e. The number of benzene rings is 1. The lowest BCUT2D eigenvalue weighted by molar-refractivity contribution is -0.385. The highest BCUT2D eigenvalue weighted by Gasteiger charge is 2.41. The summed E-state index contributed by atoms with van der Waals surface area (Å²) < 4.78 is 4.60. The average Bonchev–Trinajstić information content (AvgIpc) is 2.87. The summed E-state index contributed by atoms with van der Waals surface area (Å²) in [5.74, 6) is -1.33. The van der Waals surface area contributed by atoms with E-state index in [0.29, 0.717) is 0 Å². The van der Waals surface area contributed by atoms with E-state index in [4.69, 9.17) is 0 Å². The molecule has 112 valence electrons. The van der Waals surface area contributed by atoms with E-state index in [2.05, 4.69) is 4.74 Å². The van der Waals surface area contributed by atoms with Crippen LogP contribution in [0.5, 0.6) is 0 Å². The summed E-state index contributed by atoms with van der Waals surface area (Å²) in [5.41, 5.74) is -0.460. The number of esters is 1. The Balaban J connectivity index is 2.35. The molecule has 1 aromatic rings. The lowest BCUT2D eigenvalue weighted by Crippen LogP contribution is -2.41. The van der Waals surface area contributed by atoms with Crippen molar-refractivity contribution < 1.29 is 24.4 Å². The summed E-state index contributed by atoms with van der Waals surface area (Å²) in [7, 11) is 1.18. The Labute approximate surface area is 120 Å². The molecule has 2 atom stereocenters. The molecular weight excluding hydrogens is 280 g/mol. The van der Waals surface area contributed by atoms with Gasteiger partial charge in [-0.3, -0.25) is 14.9 Å². The average molecular weight is 294 g/mol. The van der Waals surface area contributed by atoms with Gasteiger partial charge in [0, 0.05) is 19.0 Å². The van der Waals surface area contributed by atoms with Gasteiger partial charge >= 0.3 is 5.97 Å². The van der Waals surface area contributed by atoms with Crippen LogP contribution in [-0.2, 0) is 9.53 Å². The fourth-order valence-corrected chi connectivity index (χ4v) is 2.37. The largest absolute Gasteiger partial charge is 0.467 e. The molecule has 1 fully saturated rings. The molecule has 0 spiro atoms. The third-order valence-electron chi connectivity index (χ3n) is 3.34. The SMILES string of the molecule is COC(=O)[C@H]1C[C@@H](O)CN1C(=O)c1ccccc1[N+](=O)[O-]. The van der Waals surface area contributed by atoms with Gasteiger partial charge < -0.3 is 14.7 Å². The molecule has 1 saturated heterocycles. The number of nitrogens with zero attached hydrogens (tertiary/aromatic N) is 2. The van der Waals surface area contributed by atoms with Gasteiger partial charge in [-0.2, -0.15) is 0 Å². The Hall–Kier alpha value is -2.48. The first-order chi connectivity index (χ1) is 9.95. The Morgan fingerprint density at radius 1 is 1.43 bits per heavy atom. The number of ether oxygens (including phenoxy) is 1. The van der Waals surface area contributed by atoms with E-state index in [9.17, 15) is 24.8 Å². The Kier molecular flexibility index (Phi) is 4.18. The molecule has 21 heavy (non-hydrogen) atoms. The standard InChI is InChI=1S/C13H14N2O6/c1-21-13(18)11-6-8(16)7-14(11)12(17)9-4-2-3-5-10(9)15(19)20/h2-5,8,11,16H,6-7H2,1H3/t8-,11-/m1/s1. The van der Waals surface area contributed by atoms with E-state index in [1.807, 2.05) is 0 Å². The van der Waals surface area contributed by atoms with Gasteiger partial charge in [0.25, 0.3) is 11.6 Å². The maximum Gasteiger partial charge on any atom is 0.328 e. The maximum atomic E-state index is 12.5. The van der Waals surface area contributed by atoms with E-state index in [1.54, 1.807) is 0 Å². The monoisotopic (exact) mass is 294 g/mol. The van der Waals surface area contributed by atoms with Crippen LogP contribution in [-0.4, -0.2) is 52.6 Å². The van der Waals surface area contributed by atoms with Gasteiger partial charge in [-0.1, -0.05) is 12.1 Å². The highest BCUT2D eigenvalue weighted by molar-refractivity contribution is 6.00. The molecule has 8 nitrogen and oxygen atoms in total. The fraction of sp³-hybridized carbons (Fsp3) is 0.385. The first kappa shape index (κ1) is 14.9. The number of nitro benzene ring substituents is 1. The molecule has 0 unspecified atom stereocenters. The van der Waals surface area contributed by atoms with Gasteiger partial charge in [-0.05, 0) is 6.07 Å². The van der Waals surface area contributed by atoms with Gasteiger partial charge in [-0.15, -0.1) is 0 Å². The second kappa shape index (κ2) is 5.88. The number of carbonyl (C=O) groups is 2. The molecule has 1 aliphatic heterocycles. The first-order valence-corrected chi connectivity index (χ1v) is 6.26. The molecule has 1 aromatic carbocycles. The van der Waals surface area contributed by atoms with Crippen molar-refractivity contribution in [2.24, 2.45) is 0 Å². The molecule has 0 aromatic heterocycles. The zero-order valence-electron chi connectivity index (χ0n) is 11.3. The van der Waals surface area contributed by atoms with Crippen LogP contribution in [0.2, 0.25) is 0 Å². The van der Waals surface area contributed by atoms with Crippen LogP contribution in [0.25, 0.3) is 0 Å². The van der Waals surface area contributed by atoms with Gasteiger partial charge in [0.2, 0.25) is 0 Å². The molecular formula is C13H14N2O6. The quantitative estimate of drug-likeness (QED) is 0.489. The highest BCUT2D eigenvalue weighted by Crippen LogP contribution is 2.25. The lowest BCUT2D eigenvalue weighted by Gasteiger charge is -2.22. The molecule has 1 amide bonds. The number of likely N-dealkylation sites (tertiary alicyclic amines) is 1. The number of para-hydroxylation sites is 1. The number of aliphatic hydroxyl groups is 1. The van der Waals surface area contributed by atoms with Crippen molar-refractivity contribution in [1.82, 2.24) is 4.90 Å². The third-order valence-corrected chi connectivity index (χ3v) is 3.34. The molecule has 0 bridgehead atoms. The van der Waals surface area contributed by atoms with E-state index >= 15 is 0 Å². The van der Waals surface area contributed by atoms with Crippen LogP contribution in [0.4, 0.5) is 5.69 Å². The predicted octanol–water partition coefficient (Wildman–Crippen LogP) is 0.343. The van der Waals surface area contributed by atoms with E-state index in [0.717, 1.165) is 4.90 Å². The van der Waals surface area contributed by atoms with Crippen LogP contribution in [0.1, 0.15) is 16.8 Å². The summed E-state index contributed by atoms with van der Waals surface area (Å²) in [6, 6.07) is 4.55. The summed E-state index contributed by atoms with van der Waals surface area (Å²) in [6.07, 6.45) is -0.806. The fourth-order valence-electron chi connectivity index (χ4n) is 2.37. The van der Waals surface area contributed by atoms with Crippen LogP contribution < -0.4 is 0 Å². The molecule has 1 aliphatic rings. The van der Waals surface area contributed by atoms with Gasteiger partial charge in [0.05, 0.1) is 18.1 Å². The van der Waals surface area contributed by atoms with Crippen LogP contribution in [0, 0.1) is 10.1 Å². The second-order valence-electron chi connectivity index (χ2n) is 4.66. The van der Waals surface area contributed by atoms with Crippen molar-refractivity contribution >= 4 is 17.6 Å². The molecule has 0 saturated carbocycles. The topological polar surface area (TPSA) is 110 Å². The van der Waals surface area contributed by atoms with E-state index in [1.165, 1.54) is 31.4 Å². The van der Waals surface area contributed by atoms with E-state index < -0.39 is 28.9 Å². The number of β-amino-alcohol motifs (C(OH)–C–C–N with tert-alkyl or cyclic N) is 1. The van der Waals surface area contributed by atoms with Gasteiger partial charge in [-0.25, -0.2) is 4.79 Å². The molecule has 0 radical (unpaired) electrons. The maximum absolute atomic E-state index is 12.5. The lowest BCUT2D eigenvalue weighted by atomic mass is 10.1. The Morgan fingerprint density at radius 3 is 2.71 bits per heavy atom. The number of rotatable bonds is 3. The van der Waals surface area contributed by atoms with Crippen molar-refractivity contribution in [3.8, 4) is 0 Å². The number of hydrogen-bond donors (Lipinski definition) is 1. The molecule has 0 aliphatic carbocycles. The van der Waals surface area contributed by atoms with Gasteiger partial charge in [0.1, 0.15) is 11.6 Å². The zero-order valence-corrected chi connectivity index (χ0v) is 11.3. The minimum absolute atomic E-state index is 0.0546. The summed E-state index contributed by atoms with van der Waals surface area (Å²) in [5, 5.41) is 20.6. The minimum atomic E-state index is -0.933. The molecule has 2 rings (SSSR count). The molecule has 8 heteroatoms. The number of nitro groups is 1. The number of carbonyl (C=O) groups excluding carboxylic acids is 2. The highest BCUT2D eigenvalue weighted by atomic mass is 16.6. The smallest absolute Gasteiger partial charge is 0.328 e. The summed E-state index contributed by atoms with van der Waals surface area (Å²) >= 11 is 0. The van der Waals surface area contributed by atoms with Crippen molar-refractivity contribution in [1.29, 1.82) is 0 Å². The Morgan fingerprint density at radius 2 is 2.10 bits per heavy atom. The second-order valence-corrected chi connectivity index (χ2v) is 4.66. The Bertz CT molecular complexity index is 588.